The summed E-state index contributed by atoms with van der Waals surface area (Å²) in [6, 6.07) is 8.88. The van der Waals surface area contributed by atoms with Gasteiger partial charge in [-0.15, -0.1) is 0 Å². The Morgan fingerprint density at radius 1 is 1.41 bits per heavy atom. The summed E-state index contributed by atoms with van der Waals surface area (Å²) in [6.07, 6.45) is 6.99. The quantitative estimate of drug-likeness (QED) is 0.861. The number of benzene rings is 1. The van der Waals surface area contributed by atoms with Crippen molar-refractivity contribution >= 4 is 16.8 Å². The molecule has 0 bridgehead atoms. The first-order valence-electron chi connectivity index (χ1n) is 8.26. The number of hydrogen-bond acceptors (Lipinski definition) is 2. The molecule has 1 atom stereocenters. The number of nitrogens with one attached hydrogen (secondary N) is 2. The minimum Gasteiger partial charge on any atom is -0.361 e. The summed E-state index contributed by atoms with van der Waals surface area (Å²) in [5.41, 5.74) is 2.36. The van der Waals surface area contributed by atoms with Crippen molar-refractivity contribution in [2.45, 2.75) is 38.1 Å². The molecule has 118 valence electrons. The number of nitrogens with zero attached hydrogens (tertiary/aromatic N) is 1. The van der Waals surface area contributed by atoms with E-state index >= 15 is 0 Å². The number of H-pyrrole nitrogens is 1. The molecular weight excluding hydrogens is 274 g/mol. The van der Waals surface area contributed by atoms with Gasteiger partial charge in [-0.05, 0) is 50.9 Å². The van der Waals surface area contributed by atoms with Crippen molar-refractivity contribution in [3.8, 4) is 0 Å². The predicted octanol–water partition coefficient (Wildman–Crippen LogP) is 2.70. The van der Waals surface area contributed by atoms with Crippen LogP contribution in [0.25, 0.3) is 10.9 Å². The van der Waals surface area contributed by atoms with Crippen LogP contribution in [0.1, 0.15) is 31.2 Å². The Morgan fingerprint density at radius 2 is 2.27 bits per heavy atom. The third-order valence-corrected chi connectivity index (χ3v) is 4.77. The number of aromatic amines is 1. The Hall–Kier alpha value is -1.81. The molecule has 0 radical (unpaired) electrons. The lowest BCUT2D eigenvalue weighted by molar-refractivity contribution is -0.121. The topological polar surface area (TPSA) is 48.1 Å². The molecule has 0 saturated carbocycles. The highest BCUT2D eigenvalue weighted by Crippen LogP contribution is 2.19. The first-order chi connectivity index (χ1) is 10.7. The van der Waals surface area contributed by atoms with E-state index in [4.69, 9.17) is 0 Å². The second kappa shape index (κ2) is 6.97. The van der Waals surface area contributed by atoms with E-state index in [0.29, 0.717) is 12.5 Å². The molecule has 1 saturated heterocycles. The second-order valence-electron chi connectivity index (χ2n) is 6.27. The van der Waals surface area contributed by atoms with Crippen LogP contribution in [0.5, 0.6) is 0 Å². The molecule has 2 aromatic rings. The molecule has 1 aliphatic rings. The molecule has 2 heterocycles. The second-order valence-corrected chi connectivity index (χ2v) is 6.27. The number of rotatable bonds is 6. The molecule has 4 nitrogen and oxygen atoms in total. The van der Waals surface area contributed by atoms with Gasteiger partial charge in [0, 0.05) is 36.1 Å². The van der Waals surface area contributed by atoms with Crippen LogP contribution < -0.4 is 5.32 Å². The SMILES string of the molecule is CN1CCCC1CCNC(=O)CCc1c[nH]c2ccccc12. The summed E-state index contributed by atoms with van der Waals surface area (Å²) < 4.78 is 0. The average Bonchev–Trinajstić information content (AvgIpc) is 3.12. The van der Waals surface area contributed by atoms with Crippen molar-refractivity contribution < 1.29 is 4.79 Å². The van der Waals surface area contributed by atoms with E-state index in [1.54, 1.807) is 0 Å². The number of carbonyl (C=O) groups is 1. The highest BCUT2D eigenvalue weighted by molar-refractivity contribution is 5.84. The average molecular weight is 299 g/mol. The van der Waals surface area contributed by atoms with Crippen molar-refractivity contribution in [2.75, 3.05) is 20.1 Å². The first-order valence-corrected chi connectivity index (χ1v) is 8.26. The number of hydrogen-bond donors (Lipinski definition) is 2. The van der Waals surface area contributed by atoms with E-state index in [1.165, 1.54) is 30.3 Å². The van der Waals surface area contributed by atoms with Crippen LogP contribution in [0.2, 0.25) is 0 Å². The Labute approximate surface area is 131 Å². The molecule has 2 N–H and O–H groups in total. The molecule has 1 unspecified atom stereocenters. The molecule has 0 aliphatic carbocycles. The third-order valence-electron chi connectivity index (χ3n) is 4.77. The standard InChI is InChI=1S/C18H25N3O/c1-21-12-4-5-15(21)10-11-19-18(22)9-8-14-13-20-17-7-3-2-6-16(14)17/h2-3,6-7,13,15,20H,4-5,8-12H2,1H3,(H,19,22). The predicted molar refractivity (Wildman–Crippen MR) is 89.9 cm³/mol. The number of aromatic nitrogens is 1. The number of likely N-dealkylation sites (tertiary alicyclic amines) is 1. The molecule has 1 amide bonds. The Bertz CT molecular complexity index is 634. The lowest BCUT2D eigenvalue weighted by atomic mass is 10.1. The van der Waals surface area contributed by atoms with Gasteiger partial charge in [-0.3, -0.25) is 4.79 Å². The van der Waals surface area contributed by atoms with Crippen LogP contribution >= 0.6 is 0 Å². The number of amides is 1. The molecule has 4 heteroatoms. The lowest BCUT2D eigenvalue weighted by Crippen LogP contribution is -2.31. The minimum absolute atomic E-state index is 0.158. The maximum absolute atomic E-state index is 12.0. The van der Waals surface area contributed by atoms with E-state index in [9.17, 15) is 4.79 Å². The molecule has 1 aromatic heterocycles. The molecule has 1 aromatic carbocycles. The van der Waals surface area contributed by atoms with Gasteiger partial charge in [-0.1, -0.05) is 18.2 Å². The summed E-state index contributed by atoms with van der Waals surface area (Å²) in [6.45, 7) is 1.99. The highest BCUT2D eigenvalue weighted by atomic mass is 16.1. The van der Waals surface area contributed by atoms with Crippen LogP contribution in [-0.2, 0) is 11.2 Å². The minimum atomic E-state index is 0.158. The van der Waals surface area contributed by atoms with E-state index in [2.05, 4.69) is 34.4 Å². The zero-order chi connectivity index (χ0) is 15.4. The number of para-hydroxylation sites is 1. The smallest absolute Gasteiger partial charge is 0.220 e. The number of carbonyl (C=O) groups excluding carboxylic acids is 1. The maximum atomic E-state index is 12.0. The van der Waals surface area contributed by atoms with Gasteiger partial charge >= 0.3 is 0 Å². The van der Waals surface area contributed by atoms with Crippen LogP contribution in [0.15, 0.2) is 30.5 Å². The molecule has 1 fully saturated rings. The zero-order valence-corrected chi connectivity index (χ0v) is 13.3. The summed E-state index contributed by atoms with van der Waals surface area (Å²) in [5.74, 6) is 0.158. The fourth-order valence-electron chi connectivity index (χ4n) is 3.40. The van der Waals surface area contributed by atoms with Gasteiger partial charge in [0.05, 0.1) is 0 Å². The summed E-state index contributed by atoms with van der Waals surface area (Å²) >= 11 is 0. The van der Waals surface area contributed by atoms with Gasteiger partial charge in [0.1, 0.15) is 0 Å². The van der Waals surface area contributed by atoms with E-state index in [0.717, 1.165) is 24.9 Å². The number of aryl methyl sites for hydroxylation is 1. The van der Waals surface area contributed by atoms with Gasteiger partial charge in [-0.2, -0.15) is 0 Å². The van der Waals surface area contributed by atoms with E-state index in [-0.39, 0.29) is 5.91 Å². The van der Waals surface area contributed by atoms with Crippen molar-refractivity contribution in [1.29, 1.82) is 0 Å². The van der Waals surface area contributed by atoms with Crippen LogP contribution in [0.4, 0.5) is 0 Å². The molecular formula is C18H25N3O. The lowest BCUT2D eigenvalue weighted by Gasteiger charge is -2.19. The Kier molecular flexibility index (Phi) is 4.78. The molecule has 3 rings (SSSR count). The van der Waals surface area contributed by atoms with Crippen molar-refractivity contribution in [3.63, 3.8) is 0 Å². The summed E-state index contributed by atoms with van der Waals surface area (Å²) in [5, 5.41) is 4.29. The maximum Gasteiger partial charge on any atom is 0.220 e. The Morgan fingerprint density at radius 3 is 3.09 bits per heavy atom. The van der Waals surface area contributed by atoms with Gasteiger partial charge in [-0.25, -0.2) is 0 Å². The van der Waals surface area contributed by atoms with Crippen LogP contribution in [0.3, 0.4) is 0 Å². The first kappa shape index (κ1) is 15.1. The van der Waals surface area contributed by atoms with Gasteiger partial charge in [0.25, 0.3) is 0 Å². The van der Waals surface area contributed by atoms with Crippen molar-refractivity contribution in [2.24, 2.45) is 0 Å². The summed E-state index contributed by atoms with van der Waals surface area (Å²) in [4.78, 5) is 17.7. The zero-order valence-electron chi connectivity index (χ0n) is 13.3. The Balaban J connectivity index is 1.42. The van der Waals surface area contributed by atoms with Gasteiger partial charge < -0.3 is 15.2 Å². The molecule has 0 spiro atoms. The third kappa shape index (κ3) is 3.50. The molecule has 22 heavy (non-hydrogen) atoms. The van der Waals surface area contributed by atoms with Crippen molar-refractivity contribution in [1.82, 2.24) is 15.2 Å². The van der Waals surface area contributed by atoms with E-state index in [1.807, 2.05) is 18.3 Å². The van der Waals surface area contributed by atoms with Crippen LogP contribution in [0, 0.1) is 0 Å². The monoisotopic (exact) mass is 299 g/mol. The summed E-state index contributed by atoms with van der Waals surface area (Å²) in [7, 11) is 2.18. The van der Waals surface area contributed by atoms with Crippen molar-refractivity contribution in [3.05, 3.63) is 36.0 Å². The normalized spacial score (nSPS) is 18.9. The number of fused-ring (bicyclic) bond motifs is 1. The van der Waals surface area contributed by atoms with Gasteiger partial charge in [0.15, 0.2) is 0 Å². The highest BCUT2D eigenvalue weighted by Gasteiger charge is 2.20. The largest absolute Gasteiger partial charge is 0.361 e. The fraction of sp³-hybridized carbons (Fsp3) is 0.500. The van der Waals surface area contributed by atoms with Gasteiger partial charge in [0.2, 0.25) is 5.91 Å². The van der Waals surface area contributed by atoms with Crippen LogP contribution in [-0.4, -0.2) is 42.0 Å². The van der Waals surface area contributed by atoms with E-state index < -0.39 is 0 Å². The fourth-order valence-corrected chi connectivity index (χ4v) is 3.40. The molecule has 1 aliphatic heterocycles.